The van der Waals surface area contributed by atoms with E-state index in [0.717, 1.165) is 22.0 Å². The molecule has 0 unspecified atom stereocenters. The average molecular weight is 332 g/mol. The number of carbonyl (C=O) groups is 1. The van der Waals surface area contributed by atoms with Gasteiger partial charge in [-0.25, -0.2) is 0 Å². The minimum Gasteiger partial charge on any atom is -0.361 e. The van der Waals surface area contributed by atoms with Crippen molar-refractivity contribution < 1.29 is 18.0 Å². The molecule has 1 atom stereocenters. The van der Waals surface area contributed by atoms with Crippen LogP contribution in [0.1, 0.15) is 17.0 Å². The van der Waals surface area contributed by atoms with Crippen molar-refractivity contribution in [1.29, 1.82) is 0 Å². The molecule has 0 aliphatic rings. The summed E-state index contributed by atoms with van der Waals surface area (Å²) in [5, 5.41) is 2.92. The molecule has 0 aliphatic heterocycles. The summed E-state index contributed by atoms with van der Waals surface area (Å²) >= 11 is 0. The smallest absolute Gasteiger partial charge is 0.361 e. The number of amides is 1. The summed E-state index contributed by atoms with van der Waals surface area (Å²) in [6.07, 6.45) is -3.11. The highest BCUT2D eigenvalue weighted by Gasteiger charge is 2.38. The summed E-state index contributed by atoms with van der Waals surface area (Å²) in [5.74, 6) is -2.31. The highest BCUT2D eigenvalue weighted by molar-refractivity contribution is 5.85. The molecule has 0 radical (unpaired) electrons. The second-order valence-electron chi connectivity index (χ2n) is 5.46. The van der Waals surface area contributed by atoms with Crippen molar-refractivity contribution in [3.05, 3.63) is 71.9 Å². The number of hydrogen-bond donors (Lipinski definition) is 2. The van der Waals surface area contributed by atoms with Gasteiger partial charge in [0.25, 0.3) is 0 Å². The van der Waals surface area contributed by atoms with Gasteiger partial charge in [-0.05, 0) is 17.2 Å². The van der Waals surface area contributed by atoms with Crippen LogP contribution in [0.25, 0.3) is 10.9 Å². The molecule has 1 aromatic heterocycles. The summed E-state index contributed by atoms with van der Waals surface area (Å²) in [4.78, 5) is 14.3. The molecule has 3 aromatic rings. The van der Waals surface area contributed by atoms with E-state index in [2.05, 4.69) is 4.98 Å². The second kappa shape index (κ2) is 6.39. The third kappa shape index (κ3) is 3.27. The van der Waals surface area contributed by atoms with Crippen LogP contribution in [0.3, 0.4) is 0 Å². The van der Waals surface area contributed by atoms with E-state index in [-0.39, 0.29) is 12.5 Å². The number of rotatable bonds is 4. The maximum atomic E-state index is 12.5. The fraction of sp³-hybridized carbons (Fsp3) is 0.167. The quantitative estimate of drug-likeness (QED) is 0.746. The van der Waals surface area contributed by atoms with E-state index in [0.29, 0.717) is 0 Å². The molecule has 3 nitrogen and oxygen atoms in total. The van der Waals surface area contributed by atoms with Crippen LogP contribution in [0.2, 0.25) is 0 Å². The van der Waals surface area contributed by atoms with Gasteiger partial charge in [-0.15, -0.1) is 0 Å². The first kappa shape index (κ1) is 16.1. The second-order valence-corrected chi connectivity index (χ2v) is 5.46. The Morgan fingerprint density at radius 1 is 1.04 bits per heavy atom. The number of aromatic nitrogens is 1. The predicted octanol–water partition coefficient (Wildman–Crippen LogP) is 3.98. The largest absolute Gasteiger partial charge is 0.471 e. The van der Waals surface area contributed by atoms with Gasteiger partial charge in [0.2, 0.25) is 0 Å². The molecule has 2 aromatic carbocycles. The Morgan fingerprint density at radius 2 is 1.71 bits per heavy atom. The normalized spacial score (nSPS) is 13.0. The third-order valence-electron chi connectivity index (χ3n) is 3.92. The van der Waals surface area contributed by atoms with Gasteiger partial charge < -0.3 is 10.3 Å². The standard InChI is InChI=1S/C18H15F3N2O/c19-18(20,21)17(24)23-10-14(12-6-2-1-3-7-12)15-11-22-16-9-5-4-8-13(15)16/h1-9,11,14,22H,10H2,(H,23,24)/t14-/m0/s1. The van der Waals surface area contributed by atoms with Gasteiger partial charge in [0.05, 0.1) is 0 Å². The highest BCUT2D eigenvalue weighted by atomic mass is 19.4. The van der Waals surface area contributed by atoms with E-state index < -0.39 is 12.1 Å². The van der Waals surface area contributed by atoms with Crippen molar-refractivity contribution in [2.24, 2.45) is 0 Å². The van der Waals surface area contributed by atoms with Crippen LogP contribution in [0.15, 0.2) is 60.8 Å². The molecular weight excluding hydrogens is 317 g/mol. The molecule has 2 N–H and O–H groups in total. The Morgan fingerprint density at radius 3 is 2.42 bits per heavy atom. The van der Waals surface area contributed by atoms with Crippen molar-refractivity contribution in [1.82, 2.24) is 10.3 Å². The Bertz CT molecular complexity index is 840. The summed E-state index contributed by atoms with van der Waals surface area (Å²) in [7, 11) is 0. The molecule has 124 valence electrons. The van der Waals surface area contributed by atoms with Gasteiger partial charge in [0.1, 0.15) is 0 Å². The first-order valence-corrected chi connectivity index (χ1v) is 7.43. The maximum absolute atomic E-state index is 12.5. The Balaban J connectivity index is 1.96. The lowest BCUT2D eigenvalue weighted by Crippen LogP contribution is -2.39. The SMILES string of the molecule is O=C(NC[C@@H](c1ccccc1)c1c[nH]c2ccccc12)C(F)(F)F. The van der Waals surface area contributed by atoms with Crippen LogP contribution < -0.4 is 5.32 Å². The van der Waals surface area contributed by atoms with Gasteiger partial charge in [-0.3, -0.25) is 4.79 Å². The van der Waals surface area contributed by atoms with Gasteiger partial charge in [-0.2, -0.15) is 13.2 Å². The fourth-order valence-electron chi connectivity index (χ4n) is 2.77. The number of benzene rings is 2. The molecule has 0 saturated carbocycles. The lowest BCUT2D eigenvalue weighted by Gasteiger charge is -2.18. The van der Waals surface area contributed by atoms with Crippen LogP contribution >= 0.6 is 0 Å². The molecule has 24 heavy (non-hydrogen) atoms. The van der Waals surface area contributed by atoms with E-state index in [1.807, 2.05) is 59.9 Å². The van der Waals surface area contributed by atoms with Crippen molar-refractivity contribution in [3.8, 4) is 0 Å². The zero-order valence-corrected chi connectivity index (χ0v) is 12.6. The number of hydrogen-bond acceptors (Lipinski definition) is 1. The number of alkyl halides is 3. The van der Waals surface area contributed by atoms with Gasteiger partial charge in [0, 0.05) is 29.6 Å². The summed E-state index contributed by atoms with van der Waals surface area (Å²) < 4.78 is 37.4. The summed E-state index contributed by atoms with van der Waals surface area (Å²) in [6.45, 7) is -0.135. The zero-order chi connectivity index (χ0) is 17.2. The molecule has 0 aliphatic carbocycles. The van der Waals surface area contributed by atoms with E-state index in [1.165, 1.54) is 0 Å². The number of carbonyl (C=O) groups excluding carboxylic acids is 1. The molecular formula is C18H15F3N2O. The molecule has 1 heterocycles. The number of para-hydroxylation sites is 1. The Labute approximate surface area is 136 Å². The van der Waals surface area contributed by atoms with Crippen LogP contribution in [0.4, 0.5) is 13.2 Å². The van der Waals surface area contributed by atoms with Crippen molar-refractivity contribution in [2.45, 2.75) is 12.1 Å². The number of halogens is 3. The molecule has 0 spiro atoms. The van der Waals surface area contributed by atoms with Gasteiger partial charge >= 0.3 is 12.1 Å². The lowest BCUT2D eigenvalue weighted by atomic mass is 9.91. The Hall–Kier alpha value is -2.76. The average Bonchev–Trinajstić information content (AvgIpc) is 2.99. The molecule has 6 heteroatoms. The fourth-order valence-corrected chi connectivity index (χ4v) is 2.77. The van der Waals surface area contributed by atoms with E-state index in [1.54, 1.807) is 6.20 Å². The number of fused-ring (bicyclic) bond motifs is 1. The Kier molecular flexibility index (Phi) is 4.29. The van der Waals surface area contributed by atoms with Crippen LogP contribution in [0, 0.1) is 0 Å². The van der Waals surface area contributed by atoms with Gasteiger partial charge in [0.15, 0.2) is 0 Å². The summed E-state index contributed by atoms with van der Waals surface area (Å²) in [5.41, 5.74) is 2.58. The van der Waals surface area contributed by atoms with Crippen LogP contribution in [0.5, 0.6) is 0 Å². The molecule has 1 amide bonds. The minimum absolute atomic E-state index is 0.135. The number of nitrogens with one attached hydrogen (secondary N) is 2. The maximum Gasteiger partial charge on any atom is 0.471 e. The number of aromatic amines is 1. The topological polar surface area (TPSA) is 44.9 Å². The molecule has 0 bridgehead atoms. The predicted molar refractivity (Wildman–Crippen MR) is 85.6 cm³/mol. The van der Waals surface area contributed by atoms with Gasteiger partial charge in [-0.1, -0.05) is 48.5 Å². The van der Waals surface area contributed by atoms with Crippen molar-refractivity contribution in [3.63, 3.8) is 0 Å². The molecule has 3 rings (SSSR count). The number of H-pyrrole nitrogens is 1. The van der Waals surface area contributed by atoms with E-state index in [4.69, 9.17) is 0 Å². The molecule has 0 fully saturated rings. The zero-order valence-electron chi connectivity index (χ0n) is 12.6. The third-order valence-corrected chi connectivity index (χ3v) is 3.92. The molecule has 0 saturated heterocycles. The summed E-state index contributed by atoms with van der Waals surface area (Å²) in [6, 6.07) is 16.7. The first-order chi connectivity index (χ1) is 11.5. The van der Waals surface area contributed by atoms with Crippen molar-refractivity contribution >= 4 is 16.8 Å². The van der Waals surface area contributed by atoms with Crippen molar-refractivity contribution in [2.75, 3.05) is 6.54 Å². The lowest BCUT2D eigenvalue weighted by molar-refractivity contribution is -0.173. The highest BCUT2D eigenvalue weighted by Crippen LogP contribution is 2.30. The minimum atomic E-state index is -4.89. The van der Waals surface area contributed by atoms with Crippen LogP contribution in [-0.4, -0.2) is 23.6 Å². The monoisotopic (exact) mass is 332 g/mol. The van der Waals surface area contributed by atoms with Crippen LogP contribution in [-0.2, 0) is 4.79 Å². The van der Waals surface area contributed by atoms with E-state index >= 15 is 0 Å². The first-order valence-electron chi connectivity index (χ1n) is 7.43. The van der Waals surface area contributed by atoms with E-state index in [9.17, 15) is 18.0 Å².